The molecule has 0 bridgehead atoms. The number of rotatable bonds is 9. The Morgan fingerprint density at radius 2 is 1.58 bits per heavy atom. The fourth-order valence-electron chi connectivity index (χ4n) is 3.97. The highest BCUT2D eigenvalue weighted by Crippen LogP contribution is 2.36. The Balaban J connectivity index is 1.78. The van der Waals surface area contributed by atoms with Crippen molar-refractivity contribution >= 4 is 24.7 Å². The van der Waals surface area contributed by atoms with E-state index >= 15 is 0 Å². The van der Waals surface area contributed by atoms with Crippen LogP contribution in [-0.4, -0.2) is 32.7 Å². The minimum Gasteiger partial charge on any atom is -0.461 e. The van der Waals surface area contributed by atoms with Gasteiger partial charge < -0.3 is 13.7 Å². The molecule has 31 heavy (non-hydrogen) atoms. The minimum absolute atomic E-state index is 0.0565. The number of carbonyl (C=O) groups is 1. The summed E-state index contributed by atoms with van der Waals surface area (Å²) >= 11 is 0. The highest BCUT2D eigenvalue weighted by Gasteiger charge is 2.49. The van der Waals surface area contributed by atoms with Crippen LogP contribution < -0.4 is 10.4 Å². The molecule has 3 rings (SSSR count). The molecule has 0 radical (unpaired) electrons. The normalized spacial score (nSPS) is 12.0. The molecule has 0 atom stereocenters. The maximum Gasteiger partial charge on any atom is 0.360 e. The summed E-state index contributed by atoms with van der Waals surface area (Å²) in [5.74, 6) is 0.204. The summed E-state index contributed by atoms with van der Waals surface area (Å²) < 4.78 is 17.1. The van der Waals surface area contributed by atoms with Crippen molar-refractivity contribution < 1.29 is 18.5 Å². The molecule has 0 amide bonds. The number of ether oxygens (including phenoxy) is 1. The van der Waals surface area contributed by atoms with Crippen molar-refractivity contribution in [1.29, 1.82) is 0 Å². The number of benzene rings is 2. The van der Waals surface area contributed by atoms with Crippen molar-refractivity contribution in [3.63, 3.8) is 0 Å². The topological polar surface area (TPSA) is 61.6 Å². The first-order valence-corrected chi connectivity index (χ1v) is 12.7. The molecule has 0 saturated heterocycles. The van der Waals surface area contributed by atoms with Gasteiger partial charge in [-0.05, 0) is 28.8 Å². The predicted molar refractivity (Wildman–Crippen MR) is 124 cm³/mol. The van der Waals surface area contributed by atoms with Gasteiger partial charge in [0.2, 0.25) is 0 Å². The lowest BCUT2D eigenvalue weighted by molar-refractivity contribution is 0.0514. The number of carbonyl (C=O) groups excluding carboxylic acids is 1. The van der Waals surface area contributed by atoms with Crippen molar-refractivity contribution in [3.8, 4) is 0 Å². The summed E-state index contributed by atoms with van der Waals surface area (Å²) in [7, 11) is -2.53. The third kappa shape index (κ3) is 5.14. The Morgan fingerprint density at radius 3 is 2.10 bits per heavy atom. The largest absolute Gasteiger partial charge is 0.461 e. The molecule has 0 spiro atoms. The number of esters is 1. The molecule has 0 N–H and O–H groups in total. The minimum atomic E-state index is -2.53. The molecule has 0 aliphatic rings. The lowest BCUT2D eigenvalue weighted by Crippen LogP contribution is -2.66. The average Bonchev–Trinajstić information content (AvgIpc) is 3.24. The lowest BCUT2D eigenvalue weighted by Gasteiger charge is -2.43. The van der Waals surface area contributed by atoms with E-state index in [1.54, 1.807) is 13.0 Å². The van der Waals surface area contributed by atoms with Crippen LogP contribution in [0.2, 0.25) is 5.04 Å². The van der Waals surface area contributed by atoms with E-state index in [0.717, 1.165) is 6.42 Å². The van der Waals surface area contributed by atoms with Gasteiger partial charge in [-0.2, -0.15) is 0 Å². The van der Waals surface area contributed by atoms with E-state index < -0.39 is 14.3 Å². The van der Waals surface area contributed by atoms with E-state index in [4.69, 9.17) is 13.7 Å². The first-order chi connectivity index (χ1) is 14.9. The molecule has 6 heteroatoms. The van der Waals surface area contributed by atoms with Gasteiger partial charge in [0.05, 0.1) is 6.61 Å². The molecular weight excluding hydrogens is 406 g/mol. The fraction of sp³-hybridized carbons (Fsp3) is 0.360. The van der Waals surface area contributed by atoms with Gasteiger partial charge in [0.15, 0.2) is 5.69 Å². The van der Waals surface area contributed by atoms with E-state index in [1.807, 2.05) is 12.1 Å². The molecule has 0 unspecified atom stereocenters. The van der Waals surface area contributed by atoms with Crippen LogP contribution >= 0.6 is 0 Å². The highest BCUT2D eigenvalue weighted by atomic mass is 28.4. The van der Waals surface area contributed by atoms with E-state index in [0.29, 0.717) is 25.4 Å². The van der Waals surface area contributed by atoms with Gasteiger partial charge in [-0.25, -0.2) is 4.79 Å². The number of aryl methyl sites for hydroxylation is 1. The van der Waals surface area contributed by atoms with Crippen molar-refractivity contribution in [2.24, 2.45) is 0 Å². The van der Waals surface area contributed by atoms with Crippen molar-refractivity contribution in [2.45, 2.75) is 45.6 Å². The van der Waals surface area contributed by atoms with Gasteiger partial charge in [0.1, 0.15) is 5.76 Å². The smallest absolute Gasteiger partial charge is 0.360 e. The predicted octanol–water partition coefficient (Wildman–Crippen LogP) is 4.36. The molecule has 0 aliphatic heterocycles. The Labute approximate surface area is 185 Å². The SMILES string of the molecule is CCOC(=O)c1cc(CCCO[Si](c2ccccc2)(c2ccccc2)C(C)(C)C)on1. The van der Waals surface area contributed by atoms with Crippen LogP contribution in [0, 0.1) is 0 Å². The second-order valence-electron chi connectivity index (χ2n) is 8.51. The van der Waals surface area contributed by atoms with E-state index in [2.05, 4.69) is 74.5 Å². The summed E-state index contributed by atoms with van der Waals surface area (Å²) in [4.78, 5) is 11.8. The number of aromatic nitrogens is 1. The molecule has 0 aliphatic carbocycles. The number of hydrogen-bond donors (Lipinski definition) is 0. The number of nitrogens with zero attached hydrogens (tertiary/aromatic N) is 1. The van der Waals surface area contributed by atoms with Crippen LogP contribution in [0.3, 0.4) is 0 Å². The van der Waals surface area contributed by atoms with Crippen LogP contribution in [0.5, 0.6) is 0 Å². The first kappa shape index (κ1) is 23.0. The lowest BCUT2D eigenvalue weighted by atomic mass is 10.2. The molecule has 164 valence electrons. The fourth-order valence-corrected chi connectivity index (χ4v) is 8.57. The van der Waals surface area contributed by atoms with Gasteiger partial charge in [-0.1, -0.05) is 86.6 Å². The van der Waals surface area contributed by atoms with Crippen LogP contribution in [0.4, 0.5) is 0 Å². The van der Waals surface area contributed by atoms with Crippen LogP contribution in [-0.2, 0) is 15.6 Å². The summed E-state index contributed by atoms with van der Waals surface area (Å²) in [6.45, 7) is 9.46. The van der Waals surface area contributed by atoms with E-state index in [9.17, 15) is 4.79 Å². The highest BCUT2D eigenvalue weighted by molar-refractivity contribution is 6.99. The van der Waals surface area contributed by atoms with Crippen molar-refractivity contribution in [3.05, 3.63) is 78.2 Å². The summed E-state index contributed by atoms with van der Waals surface area (Å²) in [6, 6.07) is 22.8. The van der Waals surface area contributed by atoms with E-state index in [1.165, 1.54) is 10.4 Å². The van der Waals surface area contributed by atoms with Gasteiger partial charge in [0.25, 0.3) is 8.32 Å². The quantitative estimate of drug-likeness (QED) is 0.283. The van der Waals surface area contributed by atoms with E-state index in [-0.39, 0.29) is 10.7 Å². The summed E-state index contributed by atoms with van der Waals surface area (Å²) in [6.07, 6.45) is 1.41. The summed E-state index contributed by atoms with van der Waals surface area (Å²) in [5, 5.41) is 6.28. The molecule has 1 heterocycles. The Hall–Kier alpha value is -2.70. The van der Waals surface area contributed by atoms with Gasteiger partial charge >= 0.3 is 5.97 Å². The zero-order valence-electron chi connectivity index (χ0n) is 18.8. The molecule has 5 nitrogen and oxygen atoms in total. The van der Waals surface area contributed by atoms with Gasteiger partial charge in [-0.3, -0.25) is 0 Å². The third-order valence-electron chi connectivity index (χ3n) is 5.35. The summed E-state index contributed by atoms with van der Waals surface area (Å²) in [5.41, 5.74) is 0.213. The van der Waals surface area contributed by atoms with Crippen LogP contribution in [0.15, 0.2) is 71.3 Å². The van der Waals surface area contributed by atoms with Gasteiger partial charge in [-0.15, -0.1) is 0 Å². The first-order valence-electron chi connectivity index (χ1n) is 10.8. The Morgan fingerprint density at radius 1 is 1.00 bits per heavy atom. The maximum atomic E-state index is 11.8. The average molecular weight is 438 g/mol. The molecule has 3 aromatic rings. The standard InChI is InChI=1S/C25H31NO4Si/c1-5-28-24(27)23-19-20(30-26-23)13-12-18-29-31(25(2,3)4,21-14-8-6-9-15-21)22-16-10-7-11-17-22/h6-11,14-17,19H,5,12-13,18H2,1-4H3. The Bertz CT molecular complexity index is 924. The zero-order valence-corrected chi connectivity index (χ0v) is 19.8. The molecule has 1 aromatic heterocycles. The maximum absolute atomic E-state index is 11.8. The van der Waals surface area contributed by atoms with Crippen molar-refractivity contribution in [2.75, 3.05) is 13.2 Å². The monoisotopic (exact) mass is 437 g/mol. The number of hydrogen-bond acceptors (Lipinski definition) is 5. The van der Waals surface area contributed by atoms with Crippen LogP contribution in [0.1, 0.15) is 50.4 Å². The second-order valence-corrected chi connectivity index (χ2v) is 12.8. The van der Waals surface area contributed by atoms with Crippen LogP contribution in [0.25, 0.3) is 0 Å². The zero-order chi connectivity index (χ0) is 22.3. The molecule has 0 fully saturated rings. The van der Waals surface area contributed by atoms with Gasteiger partial charge in [0, 0.05) is 19.1 Å². The second kappa shape index (κ2) is 10.1. The molecular formula is C25H31NO4Si. The third-order valence-corrected chi connectivity index (χ3v) is 10.4. The Kier molecular flexibility index (Phi) is 7.46. The molecule has 0 saturated carbocycles. The molecule has 2 aromatic carbocycles. The van der Waals surface area contributed by atoms with Crippen molar-refractivity contribution in [1.82, 2.24) is 5.16 Å².